The molecule has 0 saturated carbocycles. The lowest BCUT2D eigenvalue weighted by atomic mass is 10.2. The lowest BCUT2D eigenvalue weighted by Gasteiger charge is -2.22. The molecule has 0 aliphatic carbocycles. The molecule has 1 aliphatic rings. The van der Waals surface area contributed by atoms with E-state index in [4.69, 9.17) is 11.6 Å². The third-order valence-corrected chi connectivity index (χ3v) is 5.29. The van der Waals surface area contributed by atoms with E-state index in [1.165, 1.54) is 0 Å². The molecule has 3 amide bonds. The molecule has 1 heterocycles. The van der Waals surface area contributed by atoms with Crippen LogP contribution in [0.1, 0.15) is 6.42 Å². The average Bonchev–Trinajstić information content (AvgIpc) is 2.92. The van der Waals surface area contributed by atoms with E-state index in [0.29, 0.717) is 20.9 Å². The Labute approximate surface area is 170 Å². The zero-order valence-electron chi connectivity index (χ0n) is 14.5. The minimum atomic E-state index is -0.693. The number of benzene rings is 2. The molecule has 2 aromatic carbocycles. The van der Waals surface area contributed by atoms with Crippen molar-refractivity contribution < 1.29 is 14.4 Å². The minimum absolute atomic E-state index is 0.0238. The monoisotopic (exact) mass is 449 g/mol. The van der Waals surface area contributed by atoms with Gasteiger partial charge in [-0.1, -0.05) is 35.9 Å². The van der Waals surface area contributed by atoms with Gasteiger partial charge in [0.15, 0.2) is 0 Å². The number of imide groups is 1. The highest BCUT2D eigenvalue weighted by atomic mass is 79.9. The lowest BCUT2D eigenvalue weighted by molar-refractivity contribution is -0.123. The summed E-state index contributed by atoms with van der Waals surface area (Å²) in [4.78, 5) is 40.2. The van der Waals surface area contributed by atoms with E-state index in [2.05, 4.69) is 21.2 Å². The van der Waals surface area contributed by atoms with Crippen molar-refractivity contribution in [1.82, 2.24) is 4.90 Å². The molecule has 0 unspecified atom stereocenters. The van der Waals surface area contributed by atoms with Crippen LogP contribution in [0.2, 0.25) is 5.02 Å². The number of carbonyl (C=O) groups is 3. The van der Waals surface area contributed by atoms with Crippen molar-refractivity contribution in [2.75, 3.05) is 23.8 Å². The van der Waals surface area contributed by atoms with E-state index < -0.39 is 6.04 Å². The predicted molar refractivity (Wildman–Crippen MR) is 108 cm³/mol. The molecule has 2 aromatic rings. The normalized spacial score (nSPS) is 16.9. The summed E-state index contributed by atoms with van der Waals surface area (Å²) in [5, 5.41) is 3.14. The fraction of sp³-hybridized carbons (Fsp3) is 0.211. The molecule has 140 valence electrons. The topological polar surface area (TPSA) is 69.7 Å². The van der Waals surface area contributed by atoms with Crippen LogP contribution in [0, 0.1) is 0 Å². The minimum Gasteiger partial charge on any atom is -0.324 e. The number of hydrogen-bond donors (Lipinski definition) is 1. The molecular formula is C19H17BrClN3O3. The molecule has 6 nitrogen and oxygen atoms in total. The summed E-state index contributed by atoms with van der Waals surface area (Å²) in [5.74, 6) is -0.958. The van der Waals surface area contributed by atoms with Crippen LogP contribution in [0.5, 0.6) is 0 Å². The van der Waals surface area contributed by atoms with E-state index >= 15 is 0 Å². The van der Waals surface area contributed by atoms with Gasteiger partial charge in [0.25, 0.3) is 5.91 Å². The van der Waals surface area contributed by atoms with Crippen molar-refractivity contribution in [3.8, 4) is 0 Å². The Morgan fingerprint density at radius 1 is 1.22 bits per heavy atom. The number of halogens is 2. The Morgan fingerprint density at radius 3 is 2.59 bits per heavy atom. The second-order valence-electron chi connectivity index (χ2n) is 6.18. The van der Waals surface area contributed by atoms with Gasteiger partial charge in [-0.15, -0.1) is 0 Å². The third-order valence-electron chi connectivity index (χ3n) is 4.29. The zero-order valence-corrected chi connectivity index (χ0v) is 16.8. The van der Waals surface area contributed by atoms with Crippen LogP contribution in [-0.2, 0) is 14.4 Å². The largest absolute Gasteiger partial charge is 0.324 e. The van der Waals surface area contributed by atoms with E-state index in [1.807, 2.05) is 0 Å². The maximum absolute atomic E-state index is 12.8. The van der Waals surface area contributed by atoms with Crippen LogP contribution < -0.4 is 10.2 Å². The van der Waals surface area contributed by atoms with Gasteiger partial charge in [-0.25, -0.2) is 4.90 Å². The zero-order chi connectivity index (χ0) is 19.6. The fourth-order valence-corrected chi connectivity index (χ4v) is 3.58. The summed E-state index contributed by atoms with van der Waals surface area (Å²) >= 11 is 9.40. The molecule has 0 bridgehead atoms. The van der Waals surface area contributed by atoms with Gasteiger partial charge in [-0.2, -0.15) is 0 Å². The van der Waals surface area contributed by atoms with Crippen molar-refractivity contribution in [2.24, 2.45) is 0 Å². The van der Waals surface area contributed by atoms with E-state index in [-0.39, 0.29) is 30.7 Å². The lowest BCUT2D eigenvalue weighted by Crippen LogP contribution is -2.43. The first-order valence-electron chi connectivity index (χ1n) is 8.24. The van der Waals surface area contributed by atoms with Gasteiger partial charge in [0.1, 0.15) is 0 Å². The molecule has 0 aromatic heterocycles. The number of amides is 3. The van der Waals surface area contributed by atoms with Gasteiger partial charge < -0.3 is 5.32 Å². The highest BCUT2D eigenvalue weighted by Gasteiger charge is 2.42. The Hall–Kier alpha value is -2.22. The van der Waals surface area contributed by atoms with Gasteiger partial charge in [-0.3, -0.25) is 19.3 Å². The van der Waals surface area contributed by atoms with Crippen molar-refractivity contribution in [3.05, 3.63) is 58.0 Å². The highest BCUT2D eigenvalue weighted by molar-refractivity contribution is 9.10. The second kappa shape index (κ2) is 8.21. The van der Waals surface area contributed by atoms with Crippen LogP contribution in [-0.4, -0.2) is 42.3 Å². The van der Waals surface area contributed by atoms with E-state index in [9.17, 15) is 14.4 Å². The standard InChI is InChI=1S/C19H17BrClN3O3/c1-23(11-17(25)22-14-8-4-3-7-13(14)21)16-10-18(26)24(19(16)27)15-9-5-2-6-12(15)20/h2-9,16H,10-11H2,1H3,(H,22,25)/t16-/m0/s1. The molecule has 27 heavy (non-hydrogen) atoms. The van der Waals surface area contributed by atoms with Gasteiger partial charge in [0.2, 0.25) is 11.8 Å². The number of para-hydroxylation sites is 2. The summed E-state index contributed by atoms with van der Waals surface area (Å²) < 4.78 is 0.659. The fourth-order valence-electron chi connectivity index (χ4n) is 2.94. The molecule has 1 saturated heterocycles. The van der Waals surface area contributed by atoms with Gasteiger partial charge in [0, 0.05) is 4.47 Å². The van der Waals surface area contributed by atoms with Crippen LogP contribution in [0.15, 0.2) is 53.0 Å². The SMILES string of the molecule is CN(CC(=O)Nc1ccccc1Cl)[C@H]1CC(=O)N(c2ccccc2Br)C1=O. The second-order valence-corrected chi connectivity index (χ2v) is 7.44. The smallest absolute Gasteiger partial charge is 0.251 e. The van der Waals surface area contributed by atoms with Crippen LogP contribution >= 0.6 is 27.5 Å². The summed E-state index contributed by atoms with van der Waals surface area (Å²) in [6, 6.07) is 13.2. The Balaban J connectivity index is 1.69. The number of likely N-dealkylation sites (N-methyl/N-ethyl adjacent to an activating group) is 1. The summed E-state index contributed by atoms with van der Waals surface area (Å²) in [6.45, 7) is -0.0429. The number of anilines is 2. The average molecular weight is 451 g/mol. The van der Waals surface area contributed by atoms with Gasteiger partial charge in [-0.05, 0) is 47.2 Å². The number of hydrogen-bond acceptors (Lipinski definition) is 4. The van der Waals surface area contributed by atoms with Crippen LogP contribution in [0.4, 0.5) is 11.4 Å². The summed E-state index contributed by atoms with van der Waals surface area (Å²) in [5.41, 5.74) is 1.00. The number of carbonyl (C=O) groups excluding carboxylic acids is 3. The van der Waals surface area contributed by atoms with Crippen LogP contribution in [0.25, 0.3) is 0 Å². The van der Waals surface area contributed by atoms with Gasteiger partial charge >= 0.3 is 0 Å². The quantitative estimate of drug-likeness (QED) is 0.710. The van der Waals surface area contributed by atoms with E-state index in [1.54, 1.807) is 60.5 Å². The van der Waals surface area contributed by atoms with Crippen LogP contribution in [0.3, 0.4) is 0 Å². The summed E-state index contributed by atoms with van der Waals surface area (Å²) in [6.07, 6.45) is 0.0238. The molecular weight excluding hydrogens is 434 g/mol. The molecule has 3 rings (SSSR count). The van der Waals surface area contributed by atoms with Crippen molar-refractivity contribution in [3.63, 3.8) is 0 Å². The van der Waals surface area contributed by atoms with E-state index in [0.717, 1.165) is 4.90 Å². The first kappa shape index (κ1) is 19.5. The summed E-state index contributed by atoms with van der Waals surface area (Å²) in [7, 11) is 1.64. The first-order valence-corrected chi connectivity index (χ1v) is 9.41. The molecule has 1 fully saturated rings. The molecule has 0 radical (unpaired) electrons. The van der Waals surface area contributed by atoms with Crippen molar-refractivity contribution >= 4 is 56.6 Å². The highest BCUT2D eigenvalue weighted by Crippen LogP contribution is 2.31. The predicted octanol–water partition coefficient (Wildman–Crippen LogP) is 3.30. The van der Waals surface area contributed by atoms with Gasteiger partial charge in [0.05, 0.1) is 35.4 Å². The molecule has 1 atom stereocenters. The Morgan fingerprint density at radius 2 is 1.89 bits per heavy atom. The maximum atomic E-state index is 12.8. The van der Waals surface area contributed by atoms with Crippen molar-refractivity contribution in [1.29, 1.82) is 0 Å². The Kier molecular flexibility index (Phi) is 5.94. The third kappa shape index (κ3) is 4.21. The first-order chi connectivity index (χ1) is 12.9. The van der Waals surface area contributed by atoms with Crippen molar-refractivity contribution in [2.45, 2.75) is 12.5 Å². The molecule has 1 aliphatic heterocycles. The number of nitrogens with one attached hydrogen (secondary N) is 1. The molecule has 1 N–H and O–H groups in total. The molecule has 0 spiro atoms. The Bertz CT molecular complexity index is 905. The number of rotatable bonds is 5. The molecule has 8 heteroatoms. The maximum Gasteiger partial charge on any atom is 0.251 e. The number of nitrogens with zero attached hydrogens (tertiary/aromatic N) is 2.